The summed E-state index contributed by atoms with van der Waals surface area (Å²) in [6, 6.07) is 0. The Morgan fingerprint density at radius 3 is 2.67 bits per heavy atom. The molecule has 0 heterocycles. The number of ether oxygens (including phenoxy) is 1. The zero-order chi connectivity index (χ0) is 23.4. The van der Waals surface area contributed by atoms with E-state index in [1.54, 1.807) is 6.92 Å². The summed E-state index contributed by atoms with van der Waals surface area (Å²) in [5.41, 5.74) is 5.41. The number of fused-ring (bicyclic) bond motifs is 7. The molecule has 1 N–H and O–H groups in total. The van der Waals surface area contributed by atoms with Crippen molar-refractivity contribution in [3.05, 3.63) is 11.6 Å². The van der Waals surface area contributed by atoms with Gasteiger partial charge in [0, 0.05) is 5.41 Å². The third-order valence-corrected chi connectivity index (χ3v) is 11.2. The first-order chi connectivity index (χ1) is 15.8. The molecule has 4 fully saturated rings. The van der Waals surface area contributed by atoms with E-state index in [4.69, 9.17) is 4.74 Å². The quantitative estimate of drug-likeness (QED) is 0.500. The molecule has 5 nitrogen and oxygen atoms in total. The zero-order valence-corrected chi connectivity index (χ0v) is 21.0. The molecule has 1 amide bonds. The third-order valence-electron chi connectivity index (χ3n) is 11.2. The molecule has 5 rings (SSSR count). The molecule has 0 aromatic heterocycles. The fourth-order valence-corrected chi connectivity index (χ4v) is 9.74. The van der Waals surface area contributed by atoms with Crippen LogP contribution in [0.1, 0.15) is 98.3 Å². The van der Waals surface area contributed by atoms with Gasteiger partial charge in [0.15, 0.2) is 0 Å². The molecule has 0 spiro atoms. The number of rotatable bonds is 3. The van der Waals surface area contributed by atoms with Crippen molar-refractivity contribution >= 4 is 17.6 Å². The Kier molecular flexibility index (Phi) is 5.77. The van der Waals surface area contributed by atoms with E-state index in [0.29, 0.717) is 30.1 Å². The number of carbonyl (C=O) groups excluding carboxylic acids is 2. The van der Waals surface area contributed by atoms with E-state index in [9.17, 15) is 9.59 Å². The lowest BCUT2D eigenvalue weighted by molar-refractivity contribution is -0.147. The molecule has 7 atom stereocenters. The van der Waals surface area contributed by atoms with Crippen molar-refractivity contribution < 1.29 is 14.3 Å². The average molecular weight is 455 g/mol. The zero-order valence-electron chi connectivity index (χ0n) is 21.0. The number of hydrazone groups is 1. The summed E-state index contributed by atoms with van der Waals surface area (Å²) in [5, 5.41) is 4.35. The second-order valence-electron chi connectivity index (χ2n) is 12.1. The number of amides is 1. The number of Topliss-reactive ketones (excluding diaryl/α,β-unsaturated/α-hetero) is 1. The fraction of sp³-hybridized carbons (Fsp3) is 0.821. The smallest absolute Gasteiger partial charge is 0.427 e. The van der Waals surface area contributed by atoms with Crippen LogP contribution in [0.3, 0.4) is 0 Å². The van der Waals surface area contributed by atoms with Gasteiger partial charge in [-0.05, 0) is 112 Å². The molecule has 0 saturated heterocycles. The number of allylic oxidation sites excluding steroid dienone is 2. The number of ketones is 1. The van der Waals surface area contributed by atoms with Crippen LogP contribution in [0, 0.1) is 39.9 Å². The maximum atomic E-state index is 13.2. The Morgan fingerprint density at radius 1 is 1.09 bits per heavy atom. The molecule has 5 aliphatic carbocycles. The van der Waals surface area contributed by atoms with Crippen LogP contribution < -0.4 is 5.43 Å². The Bertz CT molecular complexity index is 894. The van der Waals surface area contributed by atoms with Crippen molar-refractivity contribution in [1.29, 1.82) is 0 Å². The van der Waals surface area contributed by atoms with E-state index >= 15 is 0 Å². The molecule has 0 aromatic carbocycles. The average Bonchev–Trinajstić information content (AvgIpc) is 3.08. The molecular weight excluding hydrogens is 412 g/mol. The summed E-state index contributed by atoms with van der Waals surface area (Å²) in [6.45, 7) is 9.07. The predicted molar refractivity (Wildman–Crippen MR) is 130 cm³/mol. The standard InChI is InChI=1S/C28H42N2O3/c1-5-33-25(32)30-29-21-11-14-26(3)19(16-21)9-10-22-23(26)12-15-27(4)24(22)17-20-8-6-7-13-28(20,27)18(2)31/h16,20,22-24H,5-15,17H2,1-4H3,(H,30,32)/t20?,22?,23?,24?,26-,27-,28-/m0/s1. The Labute approximate surface area is 199 Å². The number of nitrogens with one attached hydrogen (secondary N) is 1. The molecule has 0 radical (unpaired) electrons. The van der Waals surface area contributed by atoms with Crippen molar-refractivity contribution in [1.82, 2.24) is 5.43 Å². The second kappa shape index (κ2) is 8.23. The van der Waals surface area contributed by atoms with Gasteiger partial charge in [0.25, 0.3) is 0 Å². The highest BCUT2D eigenvalue weighted by Gasteiger charge is 2.69. The molecule has 5 heteroatoms. The normalized spacial score (nSPS) is 45.2. The Morgan fingerprint density at radius 2 is 1.91 bits per heavy atom. The maximum Gasteiger partial charge on any atom is 0.427 e. The van der Waals surface area contributed by atoms with Gasteiger partial charge in [0.1, 0.15) is 5.78 Å². The van der Waals surface area contributed by atoms with Gasteiger partial charge < -0.3 is 4.74 Å². The van der Waals surface area contributed by atoms with Gasteiger partial charge in [0.2, 0.25) is 0 Å². The highest BCUT2D eigenvalue weighted by Crippen LogP contribution is 2.74. The van der Waals surface area contributed by atoms with Crippen LogP contribution in [-0.2, 0) is 9.53 Å². The van der Waals surface area contributed by atoms with E-state index in [1.807, 2.05) is 6.92 Å². The summed E-state index contributed by atoms with van der Waals surface area (Å²) in [5.74, 6) is 3.25. The van der Waals surface area contributed by atoms with Crippen molar-refractivity contribution in [3.63, 3.8) is 0 Å². The summed E-state index contributed by atoms with van der Waals surface area (Å²) in [4.78, 5) is 24.9. The van der Waals surface area contributed by atoms with Crippen LogP contribution in [-0.4, -0.2) is 24.2 Å². The van der Waals surface area contributed by atoms with E-state index < -0.39 is 6.09 Å². The van der Waals surface area contributed by atoms with E-state index in [2.05, 4.69) is 30.5 Å². The minimum absolute atomic E-state index is 0.0525. The Hall–Kier alpha value is -1.65. The van der Waals surface area contributed by atoms with Crippen molar-refractivity contribution in [2.45, 2.75) is 98.3 Å². The topological polar surface area (TPSA) is 67.8 Å². The molecule has 33 heavy (non-hydrogen) atoms. The third kappa shape index (κ3) is 3.27. The summed E-state index contributed by atoms with van der Waals surface area (Å²) >= 11 is 0. The van der Waals surface area contributed by atoms with Gasteiger partial charge in [-0.2, -0.15) is 5.10 Å². The molecule has 0 bridgehead atoms. The Balaban J connectivity index is 1.40. The van der Waals surface area contributed by atoms with Crippen LogP contribution in [0.5, 0.6) is 0 Å². The van der Waals surface area contributed by atoms with Crippen molar-refractivity contribution in [2.24, 2.45) is 45.0 Å². The summed E-state index contributed by atoms with van der Waals surface area (Å²) < 4.78 is 4.94. The van der Waals surface area contributed by atoms with Gasteiger partial charge in [-0.15, -0.1) is 0 Å². The minimum atomic E-state index is -0.478. The monoisotopic (exact) mass is 454 g/mol. The lowest BCUT2D eigenvalue weighted by Crippen LogP contribution is -2.55. The minimum Gasteiger partial charge on any atom is -0.449 e. The first kappa shape index (κ1) is 23.1. The fourth-order valence-electron chi connectivity index (χ4n) is 9.74. The second-order valence-corrected chi connectivity index (χ2v) is 12.1. The van der Waals surface area contributed by atoms with Gasteiger partial charge in [0.05, 0.1) is 12.3 Å². The number of hydrogen-bond acceptors (Lipinski definition) is 4. The summed E-state index contributed by atoms with van der Waals surface area (Å²) in [7, 11) is 0. The van der Waals surface area contributed by atoms with E-state index in [-0.39, 0.29) is 16.2 Å². The highest BCUT2D eigenvalue weighted by molar-refractivity contribution is 5.97. The van der Waals surface area contributed by atoms with Crippen LogP contribution >= 0.6 is 0 Å². The summed E-state index contributed by atoms with van der Waals surface area (Å²) in [6.07, 6.45) is 14.8. The van der Waals surface area contributed by atoms with Crippen LogP contribution in [0.2, 0.25) is 0 Å². The van der Waals surface area contributed by atoms with E-state index in [1.165, 1.54) is 50.5 Å². The van der Waals surface area contributed by atoms with Gasteiger partial charge in [-0.25, -0.2) is 10.2 Å². The number of carbonyl (C=O) groups is 2. The molecule has 4 unspecified atom stereocenters. The molecule has 182 valence electrons. The van der Waals surface area contributed by atoms with Crippen molar-refractivity contribution in [2.75, 3.05) is 6.61 Å². The highest BCUT2D eigenvalue weighted by atomic mass is 16.5. The number of hydrogen-bond donors (Lipinski definition) is 1. The maximum absolute atomic E-state index is 13.2. The van der Waals surface area contributed by atoms with Crippen molar-refractivity contribution in [3.8, 4) is 0 Å². The molecule has 0 aromatic rings. The van der Waals surface area contributed by atoms with Gasteiger partial charge in [-0.1, -0.05) is 32.3 Å². The lowest BCUT2D eigenvalue weighted by Gasteiger charge is -2.60. The predicted octanol–water partition coefficient (Wildman–Crippen LogP) is 6.43. The lowest BCUT2D eigenvalue weighted by atomic mass is 9.44. The molecule has 0 aliphatic heterocycles. The van der Waals surface area contributed by atoms with Crippen LogP contribution in [0.25, 0.3) is 0 Å². The van der Waals surface area contributed by atoms with Crippen LogP contribution in [0.4, 0.5) is 4.79 Å². The SMILES string of the molecule is CCOC(=O)NN=C1C=C2CCC3C(CC[C@@]4(C)C3CC3CCCC[C@]34C(C)=O)[C@@]2(C)CC1. The van der Waals surface area contributed by atoms with Crippen LogP contribution in [0.15, 0.2) is 16.8 Å². The van der Waals surface area contributed by atoms with Gasteiger partial charge >= 0.3 is 6.09 Å². The van der Waals surface area contributed by atoms with E-state index in [0.717, 1.165) is 37.3 Å². The molecule has 4 saturated carbocycles. The molecular formula is C28H42N2O3. The van der Waals surface area contributed by atoms with Gasteiger partial charge in [-0.3, -0.25) is 4.79 Å². The number of nitrogens with zero attached hydrogens (tertiary/aromatic N) is 1. The first-order valence-electron chi connectivity index (χ1n) is 13.5. The largest absolute Gasteiger partial charge is 0.449 e. The first-order valence-corrected chi connectivity index (χ1v) is 13.5. The molecule has 5 aliphatic rings.